The van der Waals surface area contributed by atoms with Gasteiger partial charge in [0.1, 0.15) is 22.6 Å². The number of carbonyl (C=O) groups excluding carboxylic acids is 2. The molecule has 1 saturated heterocycles. The first-order valence-electron chi connectivity index (χ1n) is 12.2. The van der Waals surface area contributed by atoms with Crippen molar-refractivity contribution in [2.24, 2.45) is 0 Å². The summed E-state index contributed by atoms with van der Waals surface area (Å²) in [5, 5.41) is 14.4. The van der Waals surface area contributed by atoms with Crippen molar-refractivity contribution in [1.29, 1.82) is 0 Å². The van der Waals surface area contributed by atoms with Crippen LogP contribution in [0.25, 0.3) is 0 Å². The fourth-order valence-electron chi connectivity index (χ4n) is 4.78. The summed E-state index contributed by atoms with van der Waals surface area (Å²) in [6.45, 7) is 4.43. The van der Waals surface area contributed by atoms with Gasteiger partial charge in [0, 0.05) is 20.1 Å². The van der Waals surface area contributed by atoms with E-state index < -0.39 is 29.0 Å². The van der Waals surface area contributed by atoms with Gasteiger partial charge in [0.15, 0.2) is 0 Å². The maximum absolute atomic E-state index is 14.4. The number of hydrogen-bond donors (Lipinski definition) is 3. The van der Waals surface area contributed by atoms with Crippen molar-refractivity contribution in [2.75, 3.05) is 37.5 Å². The van der Waals surface area contributed by atoms with Crippen LogP contribution in [0.15, 0.2) is 48.5 Å². The van der Waals surface area contributed by atoms with Crippen molar-refractivity contribution in [3.05, 3.63) is 81.6 Å². The number of benzene rings is 2. The standard InChI is InChI=1S/C28H28ClFN4O5/c1-15(2)16-7-5-6-8-19(16)28(13-34(14-28)23-10-9-17(26(36)37)25(33-23)39-4)27(38)32-22-12-21(30)20(29)11-18(22)24(35)31-3/h5-12,15H,13-14H2,1-4H3,(H,31,35)(H,32,38)(H,36,37). The van der Waals surface area contributed by atoms with Gasteiger partial charge in [0.25, 0.3) is 5.91 Å². The molecular formula is C28H28ClFN4O5. The average Bonchev–Trinajstić information content (AvgIpc) is 2.89. The maximum atomic E-state index is 14.4. The summed E-state index contributed by atoms with van der Waals surface area (Å²) >= 11 is 5.92. The van der Waals surface area contributed by atoms with E-state index in [1.54, 1.807) is 6.07 Å². The number of hydrogen-bond acceptors (Lipinski definition) is 6. The van der Waals surface area contributed by atoms with E-state index in [9.17, 15) is 23.9 Å². The number of methoxy groups -OCH3 is 1. The lowest BCUT2D eigenvalue weighted by Crippen LogP contribution is -2.65. The third kappa shape index (κ3) is 5.12. The number of carbonyl (C=O) groups is 3. The van der Waals surface area contributed by atoms with Gasteiger partial charge >= 0.3 is 5.97 Å². The van der Waals surface area contributed by atoms with E-state index in [2.05, 4.69) is 15.6 Å². The molecule has 1 fully saturated rings. The summed E-state index contributed by atoms with van der Waals surface area (Å²) in [6.07, 6.45) is 0. The van der Waals surface area contributed by atoms with Crippen LogP contribution in [-0.4, -0.2) is 55.1 Å². The van der Waals surface area contributed by atoms with E-state index in [1.165, 1.54) is 26.3 Å². The summed E-state index contributed by atoms with van der Waals surface area (Å²) in [4.78, 5) is 44.2. The lowest BCUT2D eigenvalue weighted by atomic mass is 9.69. The number of rotatable bonds is 8. The van der Waals surface area contributed by atoms with Crippen LogP contribution in [0.3, 0.4) is 0 Å². The molecule has 39 heavy (non-hydrogen) atoms. The Bertz CT molecular complexity index is 1460. The molecule has 0 radical (unpaired) electrons. The van der Waals surface area contributed by atoms with Crippen LogP contribution in [0, 0.1) is 5.82 Å². The molecule has 0 aliphatic carbocycles. The molecule has 2 heterocycles. The van der Waals surface area contributed by atoms with Crippen LogP contribution in [0.2, 0.25) is 5.02 Å². The molecule has 2 aromatic carbocycles. The molecule has 0 saturated carbocycles. The second-order valence-electron chi connectivity index (χ2n) is 9.56. The lowest BCUT2D eigenvalue weighted by molar-refractivity contribution is -0.122. The first-order valence-corrected chi connectivity index (χ1v) is 12.6. The Morgan fingerprint density at radius 1 is 1.13 bits per heavy atom. The zero-order valence-electron chi connectivity index (χ0n) is 21.8. The molecule has 204 valence electrons. The molecule has 0 spiro atoms. The monoisotopic (exact) mass is 554 g/mol. The van der Waals surface area contributed by atoms with Crippen molar-refractivity contribution in [1.82, 2.24) is 10.3 Å². The Labute approximate surface area is 229 Å². The van der Waals surface area contributed by atoms with Gasteiger partial charge in [-0.3, -0.25) is 9.59 Å². The number of aromatic nitrogens is 1. The Hall–Kier alpha value is -4.18. The molecule has 4 rings (SSSR count). The Morgan fingerprint density at radius 3 is 2.44 bits per heavy atom. The van der Waals surface area contributed by atoms with E-state index in [0.717, 1.165) is 17.2 Å². The highest BCUT2D eigenvalue weighted by molar-refractivity contribution is 6.31. The van der Waals surface area contributed by atoms with Gasteiger partial charge in [-0.1, -0.05) is 49.7 Å². The van der Waals surface area contributed by atoms with Crippen molar-refractivity contribution in [3.63, 3.8) is 0 Å². The Balaban J connectivity index is 1.76. The van der Waals surface area contributed by atoms with E-state index in [1.807, 2.05) is 43.0 Å². The first-order chi connectivity index (χ1) is 18.5. The second kappa shape index (κ2) is 10.9. The Kier molecular flexibility index (Phi) is 7.78. The summed E-state index contributed by atoms with van der Waals surface area (Å²) in [5.41, 5.74) is 0.606. The van der Waals surface area contributed by atoms with Gasteiger partial charge in [-0.2, -0.15) is 4.98 Å². The Morgan fingerprint density at radius 2 is 1.82 bits per heavy atom. The van der Waals surface area contributed by atoms with E-state index in [4.69, 9.17) is 16.3 Å². The van der Waals surface area contributed by atoms with Crippen LogP contribution in [0.4, 0.5) is 15.9 Å². The van der Waals surface area contributed by atoms with Gasteiger partial charge in [0.05, 0.1) is 23.4 Å². The number of pyridine rings is 1. The number of nitrogens with zero attached hydrogens (tertiary/aromatic N) is 2. The lowest BCUT2D eigenvalue weighted by Gasteiger charge is -2.50. The molecule has 0 atom stereocenters. The fourth-order valence-corrected chi connectivity index (χ4v) is 4.94. The molecule has 1 aromatic heterocycles. The van der Waals surface area contributed by atoms with Gasteiger partial charge < -0.3 is 25.4 Å². The third-order valence-corrected chi connectivity index (χ3v) is 7.12. The largest absolute Gasteiger partial charge is 0.480 e. The zero-order chi connectivity index (χ0) is 28.5. The highest BCUT2D eigenvalue weighted by Crippen LogP contribution is 2.42. The number of amides is 2. The van der Waals surface area contributed by atoms with E-state index >= 15 is 0 Å². The number of carboxylic acids is 1. The number of nitrogens with one attached hydrogen (secondary N) is 2. The van der Waals surface area contributed by atoms with Gasteiger partial charge in [-0.25, -0.2) is 9.18 Å². The summed E-state index contributed by atoms with van der Waals surface area (Å²) in [5.74, 6) is -2.43. The minimum absolute atomic E-state index is 0.00768. The molecule has 2 amide bonds. The van der Waals surface area contributed by atoms with Gasteiger partial charge in [0.2, 0.25) is 11.8 Å². The van der Waals surface area contributed by atoms with Crippen LogP contribution in [-0.2, 0) is 10.2 Å². The van der Waals surface area contributed by atoms with E-state index in [-0.39, 0.29) is 46.7 Å². The smallest absolute Gasteiger partial charge is 0.341 e. The van der Waals surface area contributed by atoms with Crippen LogP contribution < -0.4 is 20.3 Å². The number of anilines is 2. The van der Waals surface area contributed by atoms with Crippen molar-refractivity contribution in [2.45, 2.75) is 25.2 Å². The number of ether oxygens (including phenoxy) is 1. The molecule has 1 aliphatic heterocycles. The molecular weight excluding hydrogens is 527 g/mol. The summed E-state index contributed by atoms with van der Waals surface area (Å²) in [6, 6.07) is 12.7. The minimum atomic E-state index is -1.17. The number of halogens is 2. The molecule has 0 unspecified atom stereocenters. The van der Waals surface area contributed by atoms with E-state index in [0.29, 0.717) is 5.82 Å². The molecule has 9 nitrogen and oxygen atoms in total. The summed E-state index contributed by atoms with van der Waals surface area (Å²) in [7, 11) is 2.76. The normalized spacial score (nSPS) is 14.0. The van der Waals surface area contributed by atoms with Gasteiger partial charge in [-0.05, 0) is 41.3 Å². The molecule has 3 N–H and O–H groups in total. The second-order valence-corrected chi connectivity index (χ2v) is 9.96. The molecule has 1 aliphatic rings. The summed E-state index contributed by atoms with van der Waals surface area (Å²) < 4.78 is 19.6. The first kappa shape index (κ1) is 27.8. The fraction of sp³-hybridized carbons (Fsp3) is 0.286. The highest BCUT2D eigenvalue weighted by Gasteiger charge is 2.52. The number of aromatic carboxylic acids is 1. The van der Waals surface area contributed by atoms with Gasteiger partial charge in [-0.15, -0.1) is 0 Å². The predicted molar refractivity (Wildman–Crippen MR) is 146 cm³/mol. The van der Waals surface area contributed by atoms with Crippen molar-refractivity contribution < 1.29 is 28.6 Å². The third-order valence-electron chi connectivity index (χ3n) is 6.83. The topological polar surface area (TPSA) is 121 Å². The molecule has 11 heteroatoms. The quantitative estimate of drug-likeness (QED) is 0.376. The molecule has 3 aromatic rings. The van der Waals surface area contributed by atoms with Crippen molar-refractivity contribution >= 4 is 40.9 Å². The van der Waals surface area contributed by atoms with Crippen LogP contribution >= 0.6 is 11.6 Å². The molecule has 0 bridgehead atoms. The number of carboxylic acid groups (broad SMARTS) is 1. The van der Waals surface area contributed by atoms with Crippen molar-refractivity contribution in [3.8, 4) is 5.88 Å². The van der Waals surface area contributed by atoms with Crippen LogP contribution in [0.1, 0.15) is 51.6 Å². The SMILES string of the molecule is CNC(=O)c1cc(Cl)c(F)cc1NC(=O)C1(c2ccccc2C(C)C)CN(c2ccc(C(=O)O)c(OC)n2)C1. The predicted octanol–water partition coefficient (Wildman–Crippen LogP) is 4.46. The maximum Gasteiger partial charge on any atom is 0.341 e. The average molecular weight is 555 g/mol. The minimum Gasteiger partial charge on any atom is -0.480 e. The zero-order valence-corrected chi connectivity index (χ0v) is 22.6. The highest BCUT2D eigenvalue weighted by atomic mass is 35.5. The van der Waals surface area contributed by atoms with Crippen LogP contribution in [0.5, 0.6) is 5.88 Å².